The zero-order chi connectivity index (χ0) is 29.1. The van der Waals surface area contributed by atoms with Crippen LogP contribution in [0.15, 0.2) is 71.9 Å². The number of nitrogens with zero attached hydrogens (tertiary/aromatic N) is 1. The van der Waals surface area contributed by atoms with Gasteiger partial charge < -0.3 is 24.3 Å². The van der Waals surface area contributed by atoms with E-state index in [9.17, 15) is 14.4 Å². The number of carbonyl (C=O) groups excluding carboxylic acids is 3. The summed E-state index contributed by atoms with van der Waals surface area (Å²) < 4.78 is 23.5. The van der Waals surface area contributed by atoms with E-state index in [1.807, 2.05) is 74.5 Å². The summed E-state index contributed by atoms with van der Waals surface area (Å²) in [5.74, 6) is -2.60. The van der Waals surface area contributed by atoms with Crippen molar-refractivity contribution in [2.45, 2.75) is 58.8 Å². The first-order valence-electron chi connectivity index (χ1n) is 13.3. The molecule has 1 aliphatic heterocycles. The molecule has 2 amide bonds. The minimum absolute atomic E-state index is 0.0443. The summed E-state index contributed by atoms with van der Waals surface area (Å²) in [7, 11) is 0. The lowest BCUT2D eigenvalue weighted by Crippen LogP contribution is -2.72. The number of hydrogen-bond acceptors (Lipinski definition) is 7. The molecule has 2 aromatic rings. The summed E-state index contributed by atoms with van der Waals surface area (Å²) >= 11 is 3.44. The van der Waals surface area contributed by atoms with E-state index in [1.54, 1.807) is 13.8 Å². The summed E-state index contributed by atoms with van der Waals surface area (Å²) in [5, 5.41) is 3.09. The third-order valence-electron chi connectivity index (χ3n) is 6.18. The van der Waals surface area contributed by atoms with Gasteiger partial charge in [-0.2, -0.15) is 0 Å². The van der Waals surface area contributed by atoms with Crippen LogP contribution in [0.5, 0.6) is 0 Å². The van der Waals surface area contributed by atoms with Gasteiger partial charge in [-0.25, -0.2) is 4.79 Å². The maximum absolute atomic E-state index is 13.4. The number of alkyl halides is 1. The monoisotopic (exact) mass is 616 g/mol. The highest BCUT2D eigenvalue weighted by Gasteiger charge is 2.53. The molecule has 0 aromatic heterocycles. The molecular weight excluding hydrogens is 580 g/mol. The Labute approximate surface area is 243 Å². The van der Waals surface area contributed by atoms with E-state index in [1.165, 1.54) is 4.90 Å². The number of allylic oxidation sites excluding steroid dienone is 1. The average Bonchev–Trinajstić information content (AvgIpc) is 2.95. The van der Waals surface area contributed by atoms with Crippen molar-refractivity contribution in [1.29, 1.82) is 0 Å². The molecule has 1 saturated heterocycles. The molecule has 1 fully saturated rings. The van der Waals surface area contributed by atoms with E-state index < -0.39 is 29.9 Å². The van der Waals surface area contributed by atoms with E-state index in [-0.39, 0.29) is 31.2 Å². The summed E-state index contributed by atoms with van der Waals surface area (Å²) in [6.45, 7) is 7.83. The highest BCUT2D eigenvalue weighted by molar-refractivity contribution is 9.09. The number of rotatable bonds is 15. The lowest BCUT2D eigenvalue weighted by molar-refractivity contribution is -0.263. The SMILES string of the molecule is CCOC(CBr)(CO[C@H]1[C@@H](NC(=O)Cc2ccccc2)C(=O)N1C(C(=O)OCc1ccccc1)=C(C)C)OCC. The molecule has 1 heterocycles. The lowest BCUT2D eigenvalue weighted by Gasteiger charge is -2.48. The second-order valence-corrected chi connectivity index (χ2v) is 10.00. The molecule has 2 atom stereocenters. The molecule has 40 heavy (non-hydrogen) atoms. The van der Waals surface area contributed by atoms with Gasteiger partial charge in [0.25, 0.3) is 5.91 Å². The fourth-order valence-electron chi connectivity index (χ4n) is 4.33. The molecule has 0 saturated carbocycles. The Morgan fingerprint density at radius 3 is 2.05 bits per heavy atom. The van der Waals surface area contributed by atoms with Crippen molar-refractivity contribution >= 4 is 33.7 Å². The first kappa shape index (κ1) is 31.5. The molecule has 10 heteroatoms. The Kier molecular flexibility index (Phi) is 11.9. The number of halogens is 1. The number of nitrogens with one attached hydrogen (secondary N) is 1. The van der Waals surface area contributed by atoms with Crippen molar-refractivity contribution in [2.24, 2.45) is 0 Å². The van der Waals surface area contributed by atoms with Gasteiger partial charge in [0.15, 0.2) is 12.3 Å². The van der Waals surface area contributed by atoms with Crippen molar-refractivity contribution in [3.8, 4) is 0 Å². The Hall–Kier alpha value is -3.05. The Bertz CT molecular complexity index is 1160. The lowest BCUT2D eigenvalue weighted by atomic mass is 10.0. The Morgan fingerprint density at radius 1 is 0.950 bits per heavy atom. The molecule has 3 rings (SSSR count). The molecule has 1 aliphatic rings. The number of amides is 2. The predicted octanol–water partition coefficient (Wildman–Crippen LogP) is 4.10. The quantitative estimate of drug-likeness (QED) is 0.106. The number of likely N-dealkylation sites (tertiary alicyclic amines) is 1. The van der Waals surface area contributed by atoms with Crippen LogP contribution in [-0.2, 0) is 46.4 Å². The molecule has 0 spiro atoms. The largest absolute Gasteiger partial charge is 0.456 e. The van der Waals surface area contributed by atoms with Crippen LogP contribution in [0.4, 0.5) is 0 Å². The Morgan fingerprint density at radius 2 is 1.52 bits per heavy atom. The predicted molar refractivity (Wildman–Crippen MR) is 153 cm³/mol. The molecule has 1 N–H and O–H groups in total. The van der Waals surface area contributed by atoms with Gasteiger partial charge in [0.05, 0.1) is 11.8 Å². The number of benzene rings is 2. The van der Waals surface area contributed by atoms with Crippen LogP contribution in [0, 0.1) is 0 Å². The van der Waals surface area contributed by atoms with Gasteiger partial charge in [0.2, 0.25) is 11.7 Å². The average molecular weight is 618 g/mol. The van der Waals surface area contributed by atoms with Crippen LogP contribution in [0.1, 0.15) is 38.8 Å². The van der Waals surface area contributed by atoms with E-state index in [2.05, 4.69) is 21.2 Å². The van der Waals surface area contributed by atoms with Crippen molar-refractivity contribution < 1.29 is 33.3 Å². The molecule has 0 aliphatic carbocycles. The summed E-state index contributed by atoms with van der Waals surface area (Å²) in [5.41, 5.74) is 2.25. The smallest absolute Gasteiger partial charge is 0.355 e. The molecule has 2 aromatic carbocycles. The van der Waals surface area contributed by atoms with Crippen LogP contribution < -0.4 is 5.32 Å². The number of hydrogen-bond donors (Lipinski definition) is 1. The van der Waals surface area contributed by atoms with Crippen LogP contribution >= 0.6 is 15.9 Å². The first-order chi connectivity index (χ1) is 19.2. The minimum Gasteiger partial charge on any atom is -0.456 e. The number of β-lactam (4-membered cyclic amide) rings is 1. The maximum Gasteiger partial charge on any atom is 0.355 e. The Balaban J connectivity index is 1.83. The first-order valence-corrected chi connectivity index (χ1v) is 14.4. The van der Waals surface area contributed by atoms with Gasteiger partial charge in [0.1, 0.15) is 18.9 Å². The summed E-state index contributed by atoms with van der Waals surface area (Å²) in [6, 6.07) is 17.5. The van der Waals surface area contributed by atoms with Crippen LogP contribution in [-0.4, -0.2) is 65.9 Å². The minimum atomic E-state index is -1.12. The van der Waals surface area contributed by atoms with Crippen LogP contribution in [0.25, 0.3) is 0 Å². The van der Waals surface area contributed by atoms with Crippen molar-refractivity contribution in [2.75, 3.05) is 25.2 Å². The third kappa shape index (κ3) is 8.00. The zero-order valence-electron chi connectivity index (χ0n) is 23.4. The van der Waals surface area contributed by atoms with Gasteiger partial charge in [-0.15, -0.1) is 0 Å². The molecule has 0 radical (unpaired) electrons. The third-order valence-corrected chi connectivity index (χ3v) is 7.03. The van der Waals surface area contributed by atoms with Gasteiger partial charge in [-0.3, -0.25) is 14.5 Å². The number of ether oxygens (including phenoxy) is 4. The van der Waals surface area contributed by atoms with Crippen LogP contribution in [0.2, 0.25) is 0 Å². The molecule has 216 valence electrons. The topological polar surface area (TPSA) is 103 Å². The number of carbonyl (C=O) groups is 3. The normalized spacial score (nSPS) is 16.7. The second-order valence-electron chi connectivity index (χ2n) is 9.44. The van der Waals surface area contributed by atoms with Gasteiger partial charge >= 0.3 is 5.97 Å². The van der Waals surface area contributed by atoms with E-state index in [0.717, 1.165) is 11.1 Å². The zero-order valence-corrected chi connectivity index (χ0v) is 24.9. The maximum atomic E-state index is 13.4. The fourth-order valence-corrected chi connectivity index (χ4v) is 4.81. The summed E-state index contributed by atoms with van der Waals surface area (Å²) in [4.78, 5) is 40.8. The van der Waals surface area contributed by atoms with Gasteiger partial charge in [-0.1, -0.05) is 76.6 Å². The second kappa shape index (κ2) is 15.1. The highest BCUT2D eigenvalue weighted by Crippen LogP contribution is 2.31. The van der Waals surface area contributed by atoms with Crippen molar-refractivity contribution in [1.82, 2.24) is 10.2 Å². The van der Waals surface area contributed by atoms with E-state index >= 15 is 0 Å². The molecule has 9 nitrogen and oxygen atoms in total. The van der Waals surface area contributed by atoms with E-state index in [4.69, 9.17) is 18.9 Å². The fraction of sp³-hybridized carbons (Fsp3) is 0.433. The molecule has 0 unspecified atom stereocenters. The molecular formula is C30H37BrN2O7. The van der Waals surface area contributed by atoms with Crippen LogP contribution in [0.3, 0.4) is 0 Å². The standard InChI is InChI=1S/C30H37BrN2O7/c1-5-39-30(19-31,40-6-2)20-38-28-25(32-24(34)17-22-13-9-7-10-14-22)27(35)33(28)26(21(3)4)29(36)37-18-23-15-11-8-12-16-23/h7-16,25,28H,5-6,17-20H2,1-4H3,(H,32,34)/t25-,28-/m0/s1. The summed E-state index contributed by atoms with van der Waals surface area (Å²) in [6.07, 6.45) is -0.893. The molecule has 0 bridgehead atoms. The van der Waals surface area contributed by atoms with Gasteiger partial charge in [-0.05, 0) is 44.4 Å². The van der Waals surface area contributed by atoms with Gasteiger partial charge in [0, 0.05) is 13.2 Å². The van der Waals surface area contributed by atoms with E-state index in [0.29, 0.717) is 24.1 Å². The van der Waals surface area contributed by atoms with Crippen molar-refractivity contribution in [3.05, 3.63) is 83.1 Å². The van der Waals surface area contributed by atoms with Crippen molar-refractivity contribution in [3.63, 3.8) is 0 Å². The number of esters is 1. The highest BCUT2D eigenvalue weighted by atomic mass is 79.9.